The van der Waals surface area contributed by atoms with E-state index in [1.165, 1.54) is 0 Å². The number of nitrogens with one attached hydrogen (secondary N) is 2. The third-order valence-electron chi connectivity index (χ3n) is 6.10. The molecule has 0 heterocycles. The number of carbonyl (C=O) groups excluding carboxylic acids is 2. The molecule has 7 nitrogen and oxygen atoms in total. The highest BCUT2D eigenvalue weighted by Gasteiger charge is 2.26. The van der Waals surface area contributed by atoms with Gasteiger partial charge in [-0.25, -0.2) is 0 Å². The van der Waals surface area contributed by atoms with Crippen molar-refractivity contribution in [2.75, 3.05) is 13.1 Å². The smallest absolute Gasteiger partial charge is 0.306 e. The Morgan fingerprint density at radius 2 is 1.69 bits per heavy atom. The minimum atomic E-state index is -0.729. The van der Waals surface area contributed by atoms with E-state index < -0.39 is 12.0 Å². The molecular weight excluding hydrogens is 453 g/mol. The molecule has 0 aliphatic heterocycles. The van der Waals surface area contributed by atoms with Gasteiger partial charge in [-0.2, -0.15) is 0 Å². The largest absolute Gasteiger partial charge is 0.481 e. The van der Waals surface area contributed by atoms with Gasteiger partial charge in [-0.3, -0.25) is 14.4 Å². The molecule has 0 aromatic heterocycles. The van der Waals surface area contributed by atoms with Gasteiger partial charge in [0.2, 0.25) is 11.8 Å². The van der Waals surface area contributed by atoms with Crippen LogP contribution in [0.1, 0.15) is 57.4 Å². The van der Waals surface area contributed by atoms with Crippen molar-refractivity contribution in [2.45, 2.75) is 57.9 Å². The van der Waals surface area contributed by atoms with Crippen LogP contribution in [0.15, 0.2) is 24.3 Å². The number of benzene rings is 1. The molecule has 0 saturated heterocycles. The molecule has 5 N–H and O–H groups in total. The van der Waals surface area contributed by atoms with Crippen LogP contribution in [0.25, 0.3) is 0 Å². The Labute approximate surface area is 201 Å². The van der Waals surface area contributed by atoms with Crippen LogP contribution in [0, 0.1) is 17.8 Å². The van der Waals surface area contributed by atoms with E-state index in [-0.39, 0.29) is 48.4 Å². The lowest BCUT2D eigenvalue weighted by Crippen LogP contribution is -2.45. The molecule has 2 rings (SSSR count). The summed E-state index contributed by atoms with van der Waals surface area (Å²) in [5, 5.41) is 15.6. The molecule has 1 aliphatic rings. The molecule has 1 aromatic rings. The summed E-state index contributed by atoms with van der Waals surface area (Å²) >= 11 is 5.99. The number of carboxylic acid groups (broad SMARTS) is 1. The van der Waals surface area contributed by atoms with Crippen molar-refractivity contribution in [1.82, 2.24) is 10.6 Å². The summed E-state index contributed by atoms with van der Waals surface area (Å²) in [5.74, 6) is -1.20. The average Bonchev–Trinajstić information content (AvgIpc) is 2.75. The Kier molecular flexibility index (Phi) is 12.0. The summed E-state index contributed by atoms with van der Waals surface area (Å²) in [4.78, 5) is 36.0. The van der Waals surface area contributed by atoms with E-state index >= 15 is 0 Å². The number of aliphatic carboxylic acids is 1. The van der Waals surface area contributed by atoms with Crippen molar-refractivity contribution in [3.63, 3.8) is 0 Å². The fourth-order valence-corrected chi connectivity index (χ4v) is 3.98. The van der Waals surface area contributed by atoms with E-state index in [1.54, 1.807) is 12.1 Å². The Bertz CT molecular complexity index is 750. The second kappa shape index (κ2) is 13.7. The van der Waals surface area contributed by atoms with E-state index in [9.17, 15) is 14.4 Å². The predicted molar refractivity (Wildman–Crippen MR) is 128 cm³/mol. The normalized spacial score (nSPS) is 20.0. The van der Waals surface area contributed by atoms with E-state index in [1.807, 2.05) is 26.0 Å². The van der Waals surface area contributed by atoms with Gasteiger partial charge in [-0.1, -0.05) is 37.6 Å². The Morgan fingerprint density at radius 3 is 2.22 bits per heavy atom. The maximum Gasteiger partial charge on any atom is 0.306 e. The average molecular weight is 488 g/mol. The maximum atomic E-state index is 12.6. The second-order valence-corrected chi connectivity index (χ2v) is 9.26. The molecule has 32 heavy (non-hydrogen) atoms. The van der Waals surface area contributed by atoms with Crippen LogP contribution in [-0.4, -0.2) is 42.0 Å². The quantitative estimate of drug-likeness (QED) is 0.403. The number of carboxylic acids is 1. The molecule has 0 spiro atoms. The van der Waals surface area contributed by atoms with Crippen molar-refractivity contribution < 1.29 is 19.5 Å². The molecule has 0 bridgehead atoms. The first kappa shape index (κ1) is 28.2. The lowest BCUT2D eigenvalue weighted by Gasteiger charge is -2.26. The first-order valence-electron chi connectivity index (χ1n) is 11.0. The van der Waals surface area contributed by atoms with Crippen molar-refractivity contribution in [3.8, 4) is 0 Å². The van der Waals surface area contributed by atoms with Gasteiger partial charge in [0.25, 0.3) is 0 Å². The van der Waals surface area contributed by atoms with Crippen LogP contribution in [0.3, 0.4) is 0 Å². The zero-order valence-electron chi connectivity index (χ0n) is 18.7. The monoisotopic (exact) mass is 487 g/mol. The Hall–Kier alpha value is -1.83. The van der Waals surface area contributed by atoms with Gasteiger partial charge in [0, 0.05) is 30.5 Å². The maximum absolute atomic E-state index is 12.6. The molecular formula is C23H35Cl2N3O4. The minimum absolute atomic E-state index is 0. The molecule has 2 amide bonds. The van der Waals surface area contributed by atoms with Crippen LogP contribution >= 0.6 is 24.0 Å². The number of halogens is 2. The van der Waals surface area contributed by atoms with E-state index in [4.69, 9.17) is 22.4 Å². The summed E-state index contributed by atoms with van der Waals surface area (Å²) in [6.45, 7) is 4.62. The molecule has 0 radical (unpaired) electrons. The van der Waals surface area contributed by atoms with Crippen LogP contribution in [0.2, 0.25) is 5.02 Å². The zero-order valence-corrected chi connectivity index (χ0v) is 20.3. The lowest BCUT2D eigenvalue weighted by molar-refractivity contribution is -0.143. The molecule has 1 fully saturated rings. The highest BCUT2D eigenvalue weighted by Crippen LogP contribution is 2.28. The van der Waals surface area contributed by atoms with Gasteiger partial charge < -0.3 is 21.5 Å². The number of hydrogen-bond donors (Lipinski definition) is 4. The van der Waals surface area contributed by atoms with Gasteiger partial charge in [-0.15, -0.1) is 12.4 Å². The molecule has 9 heteroatoms. The summed E-state index contributed by atoms with van der Waals surface area (Å²) < 4.78 is 0. The van der Waals surface area contributed by atoms with Crippen molar-refractivity contribution in [2.24, 2.45) is 23.5 Å². The molecule has 1 aliphatic carbocycles. The second-order valence-electron chi connectivity index (χ2n) is 8.83. The standard InChI is InChI=1S/C23H34ClN3O4.ClH/c1-14(2)21(25)22(29)27-13-18(16-7-9-19(24)10-8-16)11-20(28)26-12-15-3-5-17(6-4-15)23(30)31;/h7-10,14-15,17-18,21H,3-6,11-13,25H2,1-2H3,(H,26,28)(H,27,29)(H,30,31);1H/t15?,17?,18-,21-;/m0./s1. The number of nitrogens with two attached hydrogens (primary N) is 1. The SMILES string of the molecule is CC(C)[C@H](N)C(=O)NC[C@H](CC(=O)NCC1CCC(C(=O)O)CC1)c1ccc(Cl)cc1.Cl. The first-order valence-corrected chi connectivity index (χ1v) is 11.3. The topological polar surface area (TPSA) is 122 Å². The van der Waals surface area contributed by atoms with E-state index in [0.29, 0.717) is 36.9 Å². The minimum Gasteiger partial charge on any atom is -0.481 e. The van der Waals surface area contributed by atoms with Gasteiger partial charge in [0.05, 0.1) is 12.0 Å². The van der Waals surface area contributed by atoms with E-state index in [2.05, 4.69) is 10.6 Å². The van der Waals surface area contributed by atoms with Gasteiger partial charge in [-0.05, 0) is 55.2 Å². The molecule has 180 valence electrons. The zero-order chi connectivity index (χ0) is 23.0. The summed E-state index contributed by atoms with van der Waals surface area (Å²) in [6.07, 6.45) is 3.15. The van der Waals surface area contributed by atoms with Crippen molar-refractivity contribution in [1.29, 1.82) is 0 Å². The Morgan fingerprint density at radius 1 is 1.09 bits per heavy atom. The number of hydrogen-bond acceptors (Lipinski definition) is 4. The predicted octanol–water partition coefficient (Wildman–Crippen LogP) is 3.34. The van der Waals surface area contributed by atoms with Crippen molar-refractivity contribution in [3.05, 3.63) is 34.9 Å². The summed E-state index contributed by atoms with van der Waals surface area (Å²) in [7, 11) is 0. The van der Waals surface area contributed by atoms with Crippen LogP contribution in [0.4, 0.5) is 0 Å². The van der Waals surface area contributed by atoms with Crippen molar-refractivity contribution >= 4 is 41.8 Å². The van der Waals surface area contributed by atoms with Gasteiger partial charge in [0.1, 0.15) is 0 Å². The number of carbonyl (C=O) groups is 3. The first-order chi connectivity index (χ1) is 14.7. The summed E-state index contributed by atoms with van der Waals surface area (Å²) in [5.41, 5.74) is 6.84. The molecule has 1 saturated carbocycles. The molecule has 0 unspecified atom stereocenters. The molecule has 2 atom stereocenters. The molecule has 1 aromatic carbocycles. The third kappa shape index (κ3) is 8.96. The third-order valence-corrected chi connectivity index (χ3v) is 6.35. The highest BCUT2D eigenvalue weighted by molar-refractivity contribution is 6.30. The van der Waals surface area contributed by atoms with E-state index in [0.717, 1.165) is 18.4 Å². The summed E-state index contributed by atoms with van der Waals surface area (Å²) in [6, 6.07) is 6.67. The van der Waals surface area contributed by atoms with Gasteiger partial charge in [0.15, 0.2) is 0 Å². The fourth-order valence-electron chi connectivity index (χ4n) is 3.85. The van der Waals surface area contributed by atoms with Crippen LogP contribution in [-0.2, 0) is 14.4 Å². The Balaban J connectivity index is 0.00000512. The number of rotatable bonds is 10. The van der Waals surface area contributed by atoms with Crippen LogP contribution < -0.4 is 16.4 Å². The fraction of sp³-hybridized carbons (Fsp3) is 0.609. The number of amides is 2. The van der Waals surface area contributed by atoms with Gasteiger partial charge >= 0.3 is 5.97 Å². The van der Waals surface area contributed by atoms with Crippen LogP contribution in [0.5, 0.6) is 0 Å². The highest BCUT2D eigenvalue weighted by atomic mass is 35.5. The lowest BCUT2D eigenvalue weighted by atomic mass is 9.82.